The normalized spacial score (nSPS) is 15.6. The molecule has 3 aromatic carbocycles. The van der Waals surface area contributed by atoms with Crippen molar-refractivity contribution in [3.63, 3.8) is 0 Å². The Balaban J connectivity index is 1.51. The predicted octanol–water partition coefficient (Wildman–Crippen LogP) is 5.94. The molecule has 32 heavy (non-hydrogen) atoms. The van der Waals surface area contributed by atoms with Crippen LogP contribution in [0.15, 0.2) is 72.8 Å². The van der Waals surface area contributed by atoms with Gasteiger partial charge in [0, 0.05) is 34.6 Å². The monoisotopic (exact) mass is 444 g/mol. The average Bonchev–Trinajstić information content (AvgIpc) is 3.21. The number of H-pyrrole nitrogens is 1. The highest BCUT2D eigenvalue weighted by molar-refractivity contribution is 6.31. The molecule has 1 atom stereocenters. The summed E-state index contributed by atoms with van der Waals surface area (Å²) in [5.74, 6) is 0.935. The summed E-state index contributed by atoms with van der Waals surface area (Å²) in [7, 11) is 1.66. The van der Waals surface area contributed by atoms with Crippen molar-refractivity contribution >= 4 is 28.4 Å². The van der Waals surface area contributed by atoms with E-state index in [-0.39, 0.29) is 11.9 Å². The van der Waals surface area contributed by atoms with Crippen LogP contribution in [-0.4, -0.2) is 29.4 Å². The Hall–Kier alpha value is -3.24. The van der Waals surface area contributed by atoms with E-state index in [1.807, 2.05) is 59.5 Å². The number of aromatic nitrogens is 1. The molecule has 0 saturated carbocycles. The highest BCUT2D eigenvalue weighted by atomic mass is 35.5. The van der Waals surface area contributed by atoms with Gasteiger partial charge in [0.25, 0.3) is 0 Å². The van der Waals surface area contributed by atoms with Gasteiger partial charge >= 0.3 is 0 Å². The maximum Gasteiger partial charge on any atom is 0.223 e. The Labute approximate surface area is 192 Å². The lowest BCUT2D eigenvalue weighted by Crippen LogP contribution is -2.40. The average molecular weight is 445 g/mol. The summed E-state index contributed by atoms with van der Waals surface area (Å²) in [5.41, 5.74) is 5.43. The molecule has 0 unspecified atom stereocenters. The Bertz CT molecular complexity index is 1280. The Morgan fingerprint density at radius 1 is 1.06 bits per heavy atom. The number of carbonyl (C=O) groups is 1. The van der Waals surface area contributed by atoms with E-state index >= 15 is 0 Å². The summed E-state index contributed by atoms with van der Waals surface area (Å²) in [5, 5.41) is 1.90. The lowest BCUT2D eigenvalue weighted by Gasteiger charge is -2.37. The number of benzene rings is 3. The molecule has 0 saturated heterocycles. The summed E-state index contributed by atoms with van der Waals surface area (Å²) in [4.78, 5) is 19.1. The quantitative estimate of drug-likeness (QED) is 0.414. The van der Waals surface area contributed by atoms with Gasteiger partial charge in [-0.3, -0.25) is 4.79 Å². The molecule has 5 heteroatoms. The van der Waals surface area contributed by atoms with Gasteiger partial charge in [-0.15, -0.1) is 0 Å². The van der Waals surface area contributed by atoms with Crippen molar-refractivity contribution in [1.82, 2.24) is 9.88 Å². The molecule has 1 amide bonds. The molecule has 0 spiro atoms. The van der Waals surface area contributed by atoms with Crippen LogP contribution in [0.1, 0.15) is 34.8 Å². The molecule has 0 bridgehead atoms. The van der Waals surface area contributed by atoms with E-state index in [0.29, 0.717) is 24.4 Å². The highest BCUT2D eigenvalue weighted by Gasteiger charge is 2.35. The zero-order chi connectivity index (χ0) is 22.1. The number of ether oxygens (including phenoxy) is 1. The molecule has 1 aliphatic rings. The topological polar surface area (TPSA) is 45.3 Å². The van der Waals surface area contributed by atoms with Crippen molar-refractivity contribution in [1.29, 1.82) is 0 Å². The van der Waals surface area contributed by atoms with E-state index in [4.69, 9.17) is 16.3 Å². The number of hydrogen-bond acceptors (Lipinski definition) is 2. The largest absolute Gasteiger partial charge is 0.496 e. The Morgan fingerprint density at radius 2 is 1.81 bits per heavy atom. The summed E-state index contributed by atoms with van der Waals surface area (Å²) >= 11 is 6.64. The number of nitrogens with zero attached hydrogens (tertiary/aromatic N) is 1. The third-order valence-corrected chi connectivity index (χ3v) is 6.70. The minimum absolute atomic E-state index is 0.116. The second-order valence-electron chi connectivity index (χ2n) is 8.14. The molecule has 4 nitrogen and oxygen atoms in total. The van der Waals surface area contributed by atoms with Crippen LogP contribution in [0.3, 0.4) is 0 Å². The lowest BCUT2D eigenvalue weighted by molar-refractivity contribution is -0.133. The van der Waals surface area contributed by atoms with Crippen LogP contribution in [0.2, 0.25) is 5.02 Å². The van der Waals surface area contributed by atoms with Crippen LogP contribution in [0.5, 0.6) is 5.75 Å². The van der Waals surface area contributed by atoms with Gasteiger partial charge in [0.15, 0.2) is 0 Å². The number of nitrogens with one attached hydrogen (secondary N) is 1. The van der Waals surface area contributed by atoms with Crippen LogP contribution >= 0.6 is 11.6 Å². The molecule has 1 aromatic heterocycles. The van der Waals surface area contributed by atoms with Crippen molar-refractivity contribution in [2.75, 3.05) is 13.7 Å². The van der Waals surface area contributed by atoms with E-state index in [1.54, 1.807) is 7.11 Å². The fourth-order valence-corrected chi connectivity index (χ4v) is 5.06. The molecule has 1 aliphatic heterocycles. The van der Waals surface area contributed by atoms with Gasteiger partial charge in [-0.2, -0.15) is 0 Å². The number of halogens is 1. The summed E-state index contributed by atoms with van der Waals surface area (Å²) < 4.78 is 5.46. The molecule has 0 radical (unpaired) electrons. The minimum atomic E-state index is -0.231. The van der Waals surface area contributed by atoms with E-state index in [9.17, 15) is 4.79 Å². The first kappa shape index (κ1) is 20.7. The lowest BCUT2D eigenvalue weighted by atomic mass is 9.91. The SMILES string of the molecule is COc1ccccc1CCC(=O)N1CCc2c([nH]c3ccccc23)[C@H]1c1ccccc1Cl. The van der Waals surface area contributed by atoms with E-state index in [1.165, 1.54) is 10.9 Å². The van der Waals surface area contributed by atoms with Gasteiger partial charge in [-0.05, 0) is 47.7 Å². The predicted molar refractivity (Wildman–Crippen MR) is 128 cm³/mol. The van der Waals surface area contributed by atoms with Crippen LogP contribution in [0, 0.1) is 0 Å². The van der Waals surface area contributed by atoms with E-state index in [2.05, 4.69) is 23.2 Å². The van der Waals surface area contributed by atoms with Gasteiger partial charge in [0.05, 0.1) is 13.2 Å². The third kappa shape index (κ3) is 3.65. The maximum atomic E-state index is 13.5. The van der Waals surface area contributed by atoms with Crippen LogP contribution < -0.4 is 4.74 Å². The standard InChI is InChI=1S/C27H25ClN2O2/c1-32-24-13-7-2-8-18(24)14-15-25(31)30-17-16-20-19-9-4-6-12-23(19)29-26(20)27(30)21-10-3-5-11-22(21)28/h2-13,27,29H,14-17H2,1H3/t27-/m1/s1. The number of aromatic amines is 1. The summed E-state index contributed by atoms with van der Waals surface area (Å²) in [6.07, 6.45) is 1.87. The number of amides is 1. The number of para-hydroxylation sites is 2. The zero-order valence-corrected chi connectivity index (χ0v) is 18.7. The Morgan fingerprint density at radius 3 is 2.66 bits per heavy atom. The Kier molecular flexibility index (Phi) is 5.62. The second kappa shape index (κ2) is 8.71. The molecule has 0 fully saturated rings. The molecular weight excluding hydrogens is 420 g/mol. The van der Waals surface area contributed by atoms with Crippen molar-refractivity contribution < 1.29 is 9.53 Å². The number of aryl methyl sites for hydroxylation is 1. The maximum absolute atomic E-state index is 13.5. The van der Waals surface area contributed by atoms with Crippen molar-refractivity contribution in [3.8, 4) is 5.75 Å². The molecule has 4 aromatic rings. The number of hydrogen-bond donors (Lipinski definition) is 1. The zero-order valence-electron chi connectivity index (χ0n) is 18.0. The molecule has 162 valence electrons. The molecule has 2 heterocycles. The molecular formula is C27H25ClN2O2. The van der Waals surface area contributed by atoms with E-state index < -0.39 is 0 Å². The summed E-state index contributed by atoms with van der Waals surface area (Å²) in [6, 6.07) is 23.8. The molecule has 1 N–H and O–H groups in total. The number of rotatable bonds is 5. The first-order valence-corrected chi connectivity index (χ1v) is 11.3. The van der Waals surface area contributed by atoms with Crippen molar-refractivity contribution in [3.05, 3.63) is 100 Å². The first-order valence-electron chi connectivity index (χ1n) is 10.9. The van der Waals surface area contributed by atoms with Crippen molar-refractivity contribution in [2.24, 2.45) is 0 Å². The smallest absolute Gasteiger partial charge is 0.223 e. The van der Waals surface area contributed by atoms with Crippen LogP contribution in [-0.2, 0) is 17.6 Å². The van der Waals surface area contributed by atoms with Gasteiger partial charge in [-0.25, -0.2) is 0 Å². The first-order chi connectivity index (χ1) is 15.7. The number of fused-ring (bicyclic) bond motifs is 3. The van der Waals surface area contributed by atoms with Gasteiger partial charge in [0.1, 0.15) is 5.75 Å². The highest BCUT2D eigenvalue weighted by Crippen LogP contribution is 2.41. The van der Waals surface area contributed by atoms with Gasteiger partial charge in [0.2, 0.25) is 5.91 Å². The minimum Gasteiger partial charge on any atom is -0.496 e. The molecule has 0 aliphatic carbocycles. The summed E-state index contributed by atoms with van der Waals surface area (Å²) in [6.45, 7) is 0.662. The number of methoxy groups -OCH3 is 1. The van der Waals surface area contributed by atoms with Crippen LogP contribution in [0.25, 0.3) is 10.9 Å². The molecule has 5 rings (SSSR count). The third-order valence-electron chi connectivity index (χ3n) is 6.36. The second-order valence-corrected chi connectivity index (χ2v) is 8.54. The fourth-order valence-electron chi connectivity index (χ4n) is 4.82. The number of carbonyl (C=O) groups excluding carboxylic acids is 1. The van der Waals surface area contributed by atoms with Crippen molar-refractivity contribution in [2.45, 2.75) is 25.3 Å². The van der Waals surface area contributed by atoms with Crippen LogP contribution in [0.4, 0.5) is 0 Å². The van der Waals surface area contributed by atoms with Gasteiger partial charge < -0.3 is 14.6 Å². The fraction of sp³-hybridized carbons (Fsp3) is 0.222. The van der Waals surface area contributed by atoms with E-state index in [0.717, 1.165) is 34.5 Å². The van der Waals surface area contributed by atoms with Gasteiger partial charge in [-0.1, -0.05) is 66.2 Å².